The largest absolute Gasteiger partial charge is 0.493 e. The molecule has 2 aromatic rings. The first-order chi connectivity index (χ1) is 11.0. The number of rotatable bonds is 7. The number of carbonyl (C=O) groups excluding carboxylic acids is 1. The Morgan fingerprint density at radius 3 is 2.74 bits per heavy atom. The molecule has 0 aliphatic rings. The van der Waals surface area contributed by atoms with E-state index in [-0.39, 0.29) is 12.0 Å². The summed E-state index contributed by atoms with van der Waals surface area (Å²) in [5.74, 6) is 0.883. The Labute approximate surface area is 139 Å². The van der Waals surface area contributed by atoms with Crippen molar-refractivity contribution < 1.29 is 14.3 Å². The number of amides is 1. The lowest BCUT2D eigenvalue weighted by molar-refractivity contribution is 0.102. The molecule has 0 unspecified atom stereocenters. The van der Waals surface area contributed by atoms with Crippen LogP contribution in [0.15, 0.2) is 18.2 Å². The second-order valence-electron chi connectivity index (χ2n) is 5.24. The molecular weight excluding hydrogens is 314 g/mol. The molecule has 23 heavy (non-hydrogen) atoms. The van der Waals surface area contributed by atoms with Crippen molar-refractivity contribution in [2.75, 3.05) is 12.4 Å². The SMILES string of the molecule is CCCc1nnc(NC(=O)c2ccc(OC(C)C)c(OC)c2)s1. The highest BCUT2D eigenvalue weighted by molar-refractivity contribution is 7.15. The number of nitrogens with zero attached hydrogens (tertiary/aromatic N) is 2. The molecule has 0 spiro atoms. The Bertz CT molecular complexity index is 670. The van der Waals surface area contributed by atoms with Gasteiger partial charge in [-0.25, -0.2) is 0 Å². The summed E-state index contributed by atoms with van der Waals surface area (Å²) in [5, 5.41) is 12.2. The lowest BCUT2D eigenvalue weighted by Crippen LogP contribution is -2.12. The van der Waals surface area contributed by atoms with E-state index in [0.29, 0.717) is 22.2 Å². The van der Waals surface area contributed by atoms with Crippen LogP contribution in [0.4, 0.5) is 5.13 Å². The van der Waals surface area contributed by atoms with Crippen LogP contribution in [0.3, 0.4) is 0 Å². The highest BCUT2D eigenvalue weighted by Gasteiger charge is 2.14. The third-order valence-corrected chi connectivity index (χ3v) is 3.84. The molecule has 0 fully saturated rings. The second-order valence-corrected chi connectivity index (χ2v) is 6.30. The van der Waals surface area contributed by atoms with E-state index in [4.69, 9.17) is 9.47 Å². The summed E-state index contributed by atoms with van der Waals surface area (Å²) in [5.41, 5.74) is 0.477. The van der Waals surface area contributed by atoms with Crippen LogP contribution < -0.4 is 14.8 Å². The Morgan fingerprint density at radius 1 is 1.30 bits per heavy atom. The van der Waals surface area contributed by atoms with Crippen molar-refractivity contribution in [1.29, 1.82) is 0 Å². The topological polar surface area (TPSA) is 73.3 Å². The Kier molecular flexibility index (Phi) is 5.92. The molecule has 0 saturated heterocycles. The molecule has 1 aromatic heterocycles. The number of aryl methyl sites for hydroxylation is 1. The van der Waals surface area contributed by atoms with E-state index in [1.807, 2.05) is 13.8 Å². The molecule has 1 amide bonds. The van der Waals surface area contributed by atoms with Gasteiger partial charge in [-0.2, -0.15) is 0 Å². The molecule has 0 radical (unpaired) electrons. The van der Waals surface area contributed by atoms with Crippen molar-refractivity contribution in [1.82, 2.24) is 10.2 Å². The van der Waals surface area contributed by atoms with Crippen molar-refractivity contribution in [3.05, 3.63) is 28.8 Å². The van der Waals surface area contributed by atoms with E-state index in [9.17, 15) is 4.79 Å². The van der Waals surface area contributed by atoms with Gasteiger partial charge in [0, 0.05) is 12.0 Å². The Hall–Kier alpha value is -2.15. The number of ether oxygens (including phenoxy) is 2. The average molecular weight is 335 g/mol. The van der Waals surface area contributed by atoms with Crippen LogP contribution in [0, 0.1) is 0 Å². The minimum Gasteiger partial charge on any atom is -0.493 e. The molecule has 1 N–H and O–H groups in total. The molecular formula is C16H21N3O3S. The molecule has 2 rings (SSSR count). The van der Waals surface area contributed by atoms with E-state index < -0.39 is 0 Å². The number of nitrogens with one attached hydrogen (secondary N) is 1. The van der Waals surface area contributed by atoms with Crippen LogP contribution in [-0.4, -0.2) is 29.3 Å². The van der Waals surface area contributed by atoms with Gasteiger partial charge in [0.1, 0.15) is 5.01 Å². The summed E-state index contributed by atoms with van der Waals surface area (Å²) >= 11 is 1.39. The van der Waals surface area contributed by atoms with Gasteiger partial charge in [0.2, 0.25) is 5.13 Å². The average Bonchev–Trinajstić information content (AvgIpc) is 2.94. The molecule has 6 nitrogen and oxygen atoms in total. The number of hydrogen-bond donors (Lipinski definition) is 1. The van der Waals surface area contributed by atoms with Crippen molar-refractivity contribution in [3.8, 4) is 11.5 Å². The summed E-state index contributed by atoms with van der Waals surface area (Å²) in [4.78, 5) is 12.3. The fourth-order valence-corrected chi connectivity index (χ4v) is 2.78. The molecule has 0 bridgehead atoms. The summed E-state index contributed by atoms with van der Waals surface area (Å²) in [6.07, 6.45) is 1.89. The van der Waals surface area contributed by atoms with Crippen LogP contribution in [0.1, 0.15) is 42.6 Å². The summed E-state index contributed by atoms with van der Waals surface area (Å²) in [6, 6.07) is 5.08. The number of benzene rings is 1. The lowest BCUT2D eigenvalue weighted by Gasteiger charge is -2.14. The van der Waals surface area contributed by atoms with Crippen molar-refractivity contribution in [3.63, 3.8) is 0 Å². The molecule has 0 aliphatic heterocycles. The van der Waals surface area contributed by atoms with E-state index in [0.717, 1.165) is 17.8 Å². The van der Waals surface area contributed by atoms with Gasteiger partial charge in [0.25, 0.3) is 5.91 Å². The normalized spacial score (nSPS) is 10.7. The zero-order valence-electron chi connectivity index (χ0n) is 13.8. The monoisotopic (exact) mass is 335 g/mol. The van der Waals surface area contributed by atoms with Gasteiger partial charge in [0.15, 0.2) is 11.5 Å². The maximum absolute atomic E-state index is 12.3. The minimum atomic E-state index is -0.251. The van der Waals surface area contributed by atoms with E-state index >= 15 is 0 Å². The number of aromatic nitrogens is 2. The maximum atomic E-state index is 12.3. The third kappa shape index (κ3) is 4.66. The van der Waals surface area contributed by atoms with E-state index in [1.165, 1.54) is 11.3 Å². The molecule has 1 aromatic carbocycles. The fraction of sp³-hybridized carbons (Fsp3) is 0.438. The van der Waals surface area contributed by atoms with Crippen LogP contribution in [0.2, 0.25) is 0 Å². The predicted molar refractivity (Wildman–Crippen MR) is 90.6 cm³/mol. The highest BCUT2D eigenvalue weighted by Crippen LogP contribution is 2.29. The second kappa shape index (κ2) is 7.92. The predicted octanol–water partition coefficient (Wildman–Crippen LogP) is 3.54. The number of anilines is 1. The molecule has 0 saturated carbocycles. The zero-order chi connectivity index (χ0) is 16.8. The molecule has 1 heterocycles. The van der Waals surface area contributed by atoms with Crippen molar-refractivity contribution >= 4 is 22.4 Å². The first-order valence-corrected chi connectivity index (χ1v) is 8.33. The van der Waals surface area contributed by atoms with Gasteiger partial charge in [0.05, 0.1) is 13.2 Å². The zero-order valence-corrected chi connectivity index (χ0v) is 14.6. The number of methoxy groups -OCH3 is 1. The third-order valence-electron chi connectivity index (χ3n) is 2.94. The van der Waals surface area contributed by atoms with E-state index in [1.54, 1.807) is 25.3 Å². The first-order valence-electron chi connectivity index (χ1n) is 7.52. The van der Waals surface area contributed by atoms with Gasteiger partial charge in [-0.1, -0.05) is 18.3 Å². The quantitative estimate of drug-likeness (QED) is 0.838. The van der Waals surface area contributed by atoms with Gasteiger partial charge < -0.3 is 9.47 Å². The Balaban J connectivity index is 2.12. The van der Waals surface area contributed by atoms with Gasteiger partial charge >= 0.3 is 0 Å². The van der Waals surface area contributed by atoms with Crippen molar-refractivity contribution in [2.45, 2.75) is 39.7 Å². The van der Waals surface area contributed by atoms with E-state index in [2.05, 4.69) is 22.4 Å². The van der Waals surface area contributed by atoms with Gasteiger partial charge in [-0.05, 0) is 38.5 Å². The molecule has 124 valence electrons. The standard InChI is InChI=1S/C16H21N3O3S/c1-5-6-14-18-19-16(23-14)17-15(20)11-7-8-12(22-10(2)3)13(9-11)21-4/h7-10H,5-6H2,1-4H3,(H,17,19,20). The van der Waals surface area contributed by atoms with Crippen LogP contribution in [0.25, 0.3) is 0 Å². The van der Waals surface area contributed by atoms with Gasteiger partial charge in [-0.3, -0.25) is 10.1 Å². The van der Waals surface area contributed by atoms with Crippen LogP contribution >= 0.6 is 11.3 Å². The molecule has 0 atom stereocenters. The molecule has 7 heteroatoms. The fourth-order valence-electron chi connectivity index (χ4n) is 1.95. The summed E-state index contributed by atoms with van der Waals surface area (Å²) in [7, 11) is 1.55. The highest BCUT2D eigenvalue weighted by atomic mass is 32.1. The van der Waals surface area contributed by atoms with Crippen LogP contribution in [0.5, 0.6) is 11.5 Å². The van der Waals surface area contributed by atoms with Gasteiger partial charge in [-0.15, -0.1) is 10.2 Å². The summed E-state index contributed by atoms with van der Waals surface area (Å²) in [6.45, 7) is 5.94. The van der Waals surface area contributed by atoms with Crippen LogP contribution in [-0.2, 0) is 6.42 Å². The lowest BCUT2D eigenvalue weighted by atomic mass is 10.2. The molecule has 0 aliphatic carbocycles. The Morgan fingerprint density at radius 2 is 2.09 bits per heavy atom. The maximum Gasteiger partial charge on any atom is 0.257 e. The first kappa shape index (κ1) is 17.2. The van der Waals surface area contributed by atoms with Crippen molar-refractivity contribution in [2.24, 2.45) is 0 Å². The smallest absolute Gasteiger partial charge is 0.257 e. The number of hydrogen-bond acceptors (Lipinski definition) is 6. The number of carbonyl (C=O) groups is 1. The minimum absolute atomic E-state index is 0.0296. The summed E-state index contributed by atoms with van der Waals surface area (Å²) < 4.78 is 10.9.